The third-order valence-electron chi connectivity index (χ3n) is 4.00. The third-order valence-corrected chi connectivity index (χ3v) is 5.74. The zero-order valence-electron chi connectivity index (χ0n) is 13.1. The predicted molar refractivity (Wildman–Crippen MR) is 86.6 cm³/mol. The SMILES string of the molecule is CN1OCC(S(=O)(=O)NCc2ccncc2)C1c1cccc(F)c1. The van der Waals surface area contributed by atoms with E-state index in [-0.39, 0.29) is 13.2 Å². The van der Waals surface area contributed by atoms with Gasteiger partial charge >= 0.3 is 0 Å². The standard InChI is InChI=1S/C16H18FN3O3S/c1-20-16(13-3-2-4-14(17)9-13)15(11-23-20)24(21,22)19-10-12-5-7-18-8-6-12/h2-9,15-16,19H,10-11H2,1H3. The molecule has 24 heavy (non-hydrogen) atoms. The smallest absolute Gasteiger partial charge is 0.219 e. The van der Waals surface area contributed by atoms with Crippen molar-refractivity contribution in [1.82, 2.24) is 14.8 Å². The summed E-state index contributed by atoms with van der Waals surface area (Å²) in [6, 6.07) is 8.82. The number of rotatable bonds is 5. The van der Waals surface area contributed by atoms with Gasteiger partial charge in [0, 0.05) is 26.0 Å². The number of halogens is 1. The first kappa shape index (κ1) is 17.0. The van der Waals surface area contributed by atoms with E-state index in [1.54, 1.807) is 43.7 Å². The molecule has 0 saturated carbocycles. The number of hydrogen-bond donors (Lipinski definition) is 1. The van der Waals surface area contributed by atoms with Crippen LogP contribution in [0.5, 0.6) is 0 Å². The molecule has 2 heterocycles. The van der Waals surface area contributed by atoms with E-state index in [0.717, 1.165) is 5.56 Å². The number of pyridine rings is 1. The summed E-state index contributed by atoms with van der Waals surface area (Å²) in [4.78, 5) is 9.29. The first-order valence-corrected chi connectivity index (χ1v) is 9.00. The van der Waals surface area contributed by atoms with Crippen LogP contribution >= 0.6 is 0 Å². The molecule has 0 bridgehead atoms. The molecule has 1 saturated heterocycles. The van der Waals surface area contributed by atoms with Gasteiger partial charge in [-0.3, -0.25) is 9.82 Å². The molecule has 1 aliphatic rings. The maximum absolute atomic E-state index is 13.5. The van der Waals surface area contributed by atoms with E-state index in [0.29, 0.717) is 5.56 Å². The average molecular weight is 351 g/mol. The second-order valence-electron chi connectivity index (χ2n) is 5.60. The summed E-state index contributed by atoms with van der Waals surface area (Å²) in [5.74, 6) is -0.409. The van der Waals surface area contributed by atoms with Crippen LogP contribution in [0.25, 0.3) is 0 Å². The fourth-order valence-electron chi connectivity index (χ4n) is 2.76. The van der Waals surface area contributed by atoms with Gasteiger partial charge in [-0.1, -0.05) is 12.1 Å². The number of nitrogens with one attached hydrogen (secondary N) is 1. The molecule has 6 nitrogen and oxygen atoms in total. The van der Waals surface area contributed by atoms with Crippen LogP contribution < -0.4 is 4.72 Å². The van der Waals surface area contributed by atoms with Gasteiger partial charge in [0.25, 0.3) is 0 Å². The number of benzene rings is 1. The van der Waals surface area contributed by atoms with Crippen LogP contribution in [0.2, 0.25) is 0 Å². The van der Waals surface area contributed by atoms with Crippen molar-refractivity contribution < 1.29 is 17.6 Å². The minimum Gasteiger partial charge on any atom is -0.297 e. The van der Waals surface area contributed by atoms with Crippen molar-refractivity contribution in [3.05, 3.63) is 65.7 Å². The molecule has 128 valence electrons. The minimum absolute atomic E-state index is 0.0172. The molecule has 1 aromatic carbocycles. The van der Waals surface area contributed by atoms with Crippen LogP contribution in [0.15, 0.2) is 48.8 Å². The van der Waals surface area contributed by atoms with E-state index in [9.17, 15) is 12.8 Å². The van der Waals surface area contributed by atoms with E-state index in [2.05, 4.69) is 9.71 Å². The van der Waals surface area contributed by atoms with Gasteiger partial charge in [0.15, 0.2) is 0 Å². The normalized spacial score (nSPS) is 21.9. The summed E-state index contributed by atoms with van der Waals surface area (Å²) >= 11 is 0. The number of aromatic nitrogens is 1. The topological polar surface area (TPSA) is 71.5 Å². The quantitative estimate of drug-likeness (QED) is 0.886. The summed E-state index contributed by atoms with van der Waals surface area (Å²) in [5, 5.41) is 0.636. The summed E-state index contributed by atoms with van der Waals surface area (Å²) in [6.07, 6.45) is 3.21. The van der Waals surface area contributed by atoms with Gasteiger partial charge in [0.2, 0.25) is 10.0 Å². The van der Waals surface area contributed by atoms with Crippen LogP contribution in [0.4, 0.5) is 4.39 Å². The monoisotopic (exact) mass is 351 g/mol. The largest absolute Gasteiger partial charge is 0.297 e. The first-order chi connectivity index (χ1) is 11.5. The van der Waals surface area contributed by atoms with Crippen molar-refractivity contribution in [3.8, 4) is 0 Å². The molecule has 1 aliphatic heterocycles. The first-order valence-electron chi connectivity index (χ1n) is 7.46. The Morgan fingerprint density at radius 1 is 1.33 bits per heavy atom. The maximum atomic E-state index is 13.5. The highest BCUT2D eigenvalue weighted by molar-refractivity contribution is 7.90. The summed E-state index contributed by atoms with van der Waals surface area (Å²) in [5.41, 5.74) is 1.37. The molecule has 8 heteroatoms. The van der Waals surface area contributed by atoms with Crippen molar-refractivity contribution in [1.29, 1.82) is 0 Å². The van der Waals surface area contributed by atoms with E-state index < -0.39 is 27.1 Å². The van der Waals surface area contributed by atoms with Gasteiger partial charge in [-0.15, -0.1) is 0 Å². The Kier molecular flexibility index (Phi) is 4.91. The lowest BCUT2D eigenvalue weighted by Gasteiger charge is -2.23. The lowest BCUT2D eigenvalue weighted by atomic mass is 10.0. The van der Waals surface area contributed by atoms with Crippen LogP contribution in [-0.4, -0.2) is 37.4 Å². The molecular formula is C16H18FN3O3S. The highest BCUT2D eigenvalue weighted by atomic mass is 32.2. The highest BCUT2D eigenvalue weighted by Crippen LogP contribution is 2.33. The number of sulfonamides is 1. The molecule has 2 unspecified atom stereocenters. The van der Waals surface area contributed by atoms with E-state index >= 15 is 0 Å². The molecule has 1 aromatic heterocycles. The van der Waals surface area contributed by atoms with Crippen molar-refractivity contribution in [2.24, 2.45) is 0 Å². The van der Waals surface area contributed by atoms with Gasteiger partial charge in [-0.2, -0.15) is 5.06 Å². The van der Waals surface area contributed by atoms with Crippen LogP contribution in [0, 0.1) is 5.82 Å². The van der Waals surface area contributed by atoms with E-state index in [1.807, 2.05) is 0 Å². The van der Waals surface area contributed by atoms with Gasteiger partial charge in [0.05, 0.1) is 12.6 Å². The molecule has 1 fully saturated rings. The number of hydrogen-bond acceptors (Lipinski definition) is 5. The zero-order chi connectivity index (χ0) is 17.2. The summed E-state index contributed by atoms with van der Waals surface area (Å²) in [7, 11) is -2.01. The maximum Gasteiger partial charge on any atom is 0.219 e. The van der Waals surface area contributed by atoms with Gasteiger partial charge in [0.1, 0.15) is 11.1 Å². The van der Waals surface area contributed by atoms with Crippen molar-refractivity contribution >= 4 is 10.0 Å². The second kappa shape index (κ2) is 6.94. The van der Waals surface area contributed by atoms with Crippen molar-refractivity contribution in [2.45, 2.75) is 17.8 Å². The molecule has 0 amide bonds. The van der Waals surface area contributed by atoms with Crippen molar-refractivity contribution in [3.63, 3.8) is 0 Å². The Morgan fingerprint density at radius 2 is 2.08 bits per heavy atom. The molecule has 0 aliphatic carbocycles. The lowest BCUT2D eigenvalue weighted by molar-refractivity contribution is -0.110. The highest BCUT2D eigenvalue weighted by Gasteiger charge is 2.43. The van der Waals surface area contributed by atoms with Gasteiger partial charge < -0.3 is 0 Å². The molecule has 2 atom stereocenters. The van der Waals surface area contributed by atoms with E-state index in [1.165, 1.54) is 17.2 Å². The Bertz CT molecular complexity index is 801. The molecule has 3 rings (SSSR count). The fraction of sp³-hybridized carbons (Fsp3) is 0.312. The molecule has 0 radical (unpaired) electrons. The second-order valence-corrected chi connectivity index (χ2v) is 7.59. The summed E-state index contributed by atoms with van der Waals surface area (Å²) in [6.45, 7) is 0.185. The number of nitrogens with zero attached hydrogens (tertiary/aromatic N) is 2. The fourth-order valence-corrected chi connectivity index (χ4v) is 4.25. The summed E-state index contributed by atoms with van der Waals surface area (Å²) < 4.78 is 41.5. The molecular weight excluding hydrogens is 333 g/mol. The minimum atomic E-state index is -3.66. The third kappa shape index (κ3) is 3.62. The van der Waals surface area contributed by atoms with Crippen LogP contribution in [0.1, 0.15) is 17.2 Å². The Labute approximate surface area is 140 Å². The van der Waals surface area contributed by atoms with Crippen LogP contribution in [-0.2, 0) is 21.4 Å². The Balaban J connectivity index is 1.80. The molecule has 1 N–H and O–H groups in total. The van der Waals surface area contributed by atoms with Crippen molar-refractivity contribution in [2.75, 3.05) is 13.7 Å². The van der Waals surface area contributed by atoms with E-state index in [4.69, 9.17) is 4.84 Å². The molecule has 2 aromatic rings. The number of hydroxylamine groups is 2. The predicted octanol–water partition coefficient (Wildman–Crippen LogP) is 1.63. The lowest BCUT2D eigenvalue weighted by Crippen LogP contribution is -2.39. The van der Waals surface area contributed by atoms with Crippen LogP contribution in [0.3, 0.4) is 0 Å². The van der Waals surface area contributed by atoms with Gasteiger partial charge in [-0.25, -0.2) is 17.5 Å². The zero-order valence-corrected chi connectivity index (χ0v) is 13.9. The van der Waals surface area contributed by atoms with Gasteiger partial charge in [-0.05, 0) is 35.4 Å². The Hall–Kier alpha value is -1.87. The average Bonchev–Trinajstić information content (AvgIpc) is 2.97. The Morgan fingerprint density at radius 3 is 2.79 bits per heavy atom. The molecule has 0 spiro atoms.